The molecule has 0 spiro atoms. The van der Waals surface area contributed by atoms with Crippen molar-refractivity contribution >= 4 is 40.5 Å². The number of nitrogens with two attached hydrogens (primary N) is 1. The lowest BCUT2D eigenvalue weighted by Gasteiger charge is -2.60. The molecule has 1 fully saturated rings. The van der Waals surface area contributed by atoms with Crippen molar-refractivity contribution in [3.63, 3.8) is 0 Å². The smallest absolute Gasteiger partial charge is 0.255 e. The number of phenols is 1. The van der Waals surface area contributed by atoms with E-state index in [1.165, 1.54) is 13.8 Å². The molecule has 1 aromatic rings. The Bertz CT molecular complexity index is 2000. The number of carbonyl (C=O) groups excluding carboxylic acids is 4. The Labute approximate surface area is 332 Å². The number of amides is 2. The summed E-state index contributed by atoms with van der Waals surface area (Å²) in [6.07, 6.45) is -0.447. The van der Waals surface area contributed by atoms with Crippen molar-refractivity contribution < 1.29 is 45.1 Å². The molecule has 8 N–H and O–H groups in total. The molecule has 4 rings (SSSR count). The number of carbonyl (C=O) groups is 4. The summed E-state index contributed by atoms with van der Waals surface area (Å²) >= 11 is 0. The zero-order valence-corrected chi connectivity index (χ0v) is 34.9. The van der Waals surface area contributed by atoms with Crippen LogP contribution in [0.3, 0.4) is 0 Å². The lowest BCUT2D eigenvalue weighted by atomic mass is 9.45. The number of primary amides is 1. The second-order valence-corrected chi connectivity index (χ2v) is 17.6. The van der Waals surface area contributed by atoms with E-state index in [1.807, 2.05) is 60.3 Å². The number of fused-ring (bicyclic) bond motifs is 3. The maximum absolute atomic E-state index is 15.2. The minimum Gasteiger partial charge on any atom is -0.508 e. The molecule has 2 amide bonds. The Kier molecular flexibility index (Phi) is 10.0. The largest absolute Gasteiger partial charge is 0.508 e. The summed E-state index contributed by atoms with van der Waals surface area (Å²) in [5.41, 5.74) is -1.55. The third kappa shape index (κ3) is 6.25. The van der Waals surface area contributed by atoms with Crippen molar-refractivity contribution in [1.82, 2.24) is 10.2 Å². The van der Waals surface area contributed by atoms with Gasteiger partial charge in [0.2, 0.25) is 11.7 Å². The van der Waals surface area contributed by atoms with E-state index in [1.54, 1.807) is 27.7 Å². The summed E-state index contributed by atoms with van der Waals surface area (Å²) in [6, 6.07) is -4.31. The Morgan fingerprint density at radius 2 is 1.62 bits per heavy atom. The number of ketones is 2. The molecule has 4 atom stereocenters. The number of aliphatic hydroxyl groups excluding tert-OH is 2. The van der Waals surface area contributed by atoms with Crippen LogP contribution in [-0.4, -0.2) is 98.0 Å². The van der Waals surface area contributed by atoms with Crippen LogP contribution in [-0.2, 0) is 24.6 Å². The number of benzene rings is 1. The quantitative estimate of drug-likeness (QED) is 0.111. The first kappa shape index (κ1) is 38.0. The minimum absolute atomic E-state index is 0.0278. The molecule has 0 radical (unpaired) electrons. The van der Waals surface area contributed by atoms with Crippen LogP contribution in [0, 0.1) is 30.1 Å². The summed E-state index contributed by atoms with van der Waals surface area (Å²) < 4.78 is 34.1. The standard InChI is InChI=1S/C42H65N5O8/c1-16-47(22(8)9)31-23(10)30(45-25(48)18-44-41(14,19(2)3)20(4)5)34(50)26-28(31)39(11,12)40(13)17-24-32(46(15)21(6)7)35(51)27(38(43)54)36(52)42(24,55)37(53)29(40)33(26)49/h19-22,24,32,44,49-50,52,55H,16-18H2,1-15H3,(H2,43,54)(H,45,48)/t24-,32-,40-,42+/m0/s1/i15D3,21D. The van der Waals surface area contributed by atoms with Crippen molar-refractivity contribution in [2.45, 2.75) is 138 Å². The van der Waals surface area contributed by atoms with E-state index in [-0.39, 0.29) is 35.7 Å². The van der Waals surface area contributed by atoms with Crippen LogP contribution in [0.4, 0.5) is 11.4 Å². The van der Waals surface area contributed by atoms with Gasteiger partial charge in [0.15, 0.2) is 17.1 Å². The van der Waals surface area contributed by atoms with E-state index in [0.29, 0.717) is 28.3 Å². The fourth-order valence-corrected chi connectivity index (χ4v) is 9.22. The number of hydrogen-bond donors (Lipinski definition) is 7. The predicted octanol–water partition coefficient (Wildman–Crippen LogP) is 5.01. The highest BCUT2D eigenvalue weighted by atomic mass is 16.3. The van der Waals surface area contributed by atoms with E-state index < -0.39 is 105 Å². The van der Waals surface area contributed by atoms with Gasteiger partial charge in [-0.25, -0.2) is 0 Å². The van der Waals surface area contributed by atoms with Gasteiger partial charge in [-0.1, -0.05) is 48.5 Å². The Balaban J connectivity index is 2.13. The highest BCUT2D eigenvalue weighted by Crippen LogP contribution is 2.66. The van der Waals surface area contributed by atoms with Crippen molar-refractivity contribution in [3.05, 3.63) is 33.6 Å². The molecule has 0 heterocycles. The van der Waals surface area contributed by atoms with Crippen LogP contribution in [0.25, 0.3) is 5.76 Å². The molecule has 0 bridgehead atoms. The van der Waals surface area contributed by atoms with Gasteiger partial charge in [-0.05, 0) is 79.3 Å². The monoisotopic (exact) mass is 772 g/mol. The second kappa shape index (κ2) is 14.5. The Hall–Kier alpha value is -3.94. The van der Waals surface area contributed by atoms with E-state index in [0.717, 1.165) is 0 Å². The van der Waals surface area contributed by atoms with E-state index >= 15 is 4.79 Å². The summed E-state index contributed by atoms with van der Waals surface area (Å²) in [5, 5.41) is 55.2. The van der Waals surface area contributed by atoms with Crippen LogP contribution in [0.15, 0.2) is 16.9 Å². The third-order valence-electron chi connectivity index (χ3n) is 13.5. The van der Waals surface area contributed by atoms with Crippen LogP contribution < -0.4 is 21.3 Å². The molecule has 0 aromatic heterocycles. The molecule has 1 aromatic carbocycles. The van der Waals surface area contributed by atoms with Gasteiger partial charge in [-0.15, -0.1) is 0 Å². The number of rotatable bonds is 12. The number of aromatic hydroxyl groups is 1. The number of hydrogen-bond acceptors (Lipinski definition) is 11. The minimum atomic E-state index is -3.20. The lowest BCUT2D eigenvalue weighted by Crippen LogP contribution is -2.69. The zero-order chi connectivity index (χ0) is 45.7. The number of likely N-dealkylation sites (N-methyl/N-ethyl adjacent to an activating group) is 1. The second-order valence-electron chi connectivity index (χ2n) is 17.6. The molecule has 0 unspecified atom stereocenters. The third-order valence-corrected chi connectivity index (χ3v) is 13.5. The van der Waals surface area contributed by atoms with Crippen LogP contribution in [0.1, 0.15) is 119 Å². The average Bonchev–Trinajstić information content (AvgIpc) is 3.07. The first-order valence-corrected chi connectivity index (χ1v) is 19.1. The fourth-order valence-electron chi connectivity index (χ4n) is 9.22. The zero-order valence-electron chi connectivity index (χ0n) is 38.9. The Morgan fingerprint density at radius 3 is 2.07 bits per heavy atom. The molecule has 3 aliphatic rings. The van der Waals surface area contributed by atoms with Gasteiger partial charge in [0.05, 0.1) is 23.8 Å². The molecular weight excluding hydrogens is 702 g/mol. The van der Waals surface area contributed by atoms with E-state index in [9.17, 15) is 34.8 Å². The maximum atomic E-state index is 15.2. The molecule has 13 heteroatoms. The van der Waals surface area contributed by atoms with Gasteiger partial charge in [-0.3, -0.25) is 24.1 Å². The van der Waals surface area contributed by atoms with Crippen LogP contribution >= 0.6 is 0 Å². The molecule has 0 saturated heterocycles. The number of anilines is 2. The fraction of sp³-hybridized carbons (Fsp3) is 0.667. The number of nitrogens with zero attached hydrogens (tertiary/aromatic N) is 2. The normalized spacial score (nSPS) is 26.7. The van der Waals surface area contributed by atoms with Gasteiger partial charge in [-0.2, -0.15) is 0 Å². The van der Waals surface area contributed by atoms with E-state index in [2.05, 4.69) is 10.6 Å². The summed E-state index contributed by atoms with van der Waals surface area (Å²) in [6.45, 7) is 22.4. The molecular formula is C42H65N5O8. The molecule has 13 nitrogen and oxygen atoms in total. The van der Waals surface area contributed by atoms with Crippen LogP contribution in [0.2, 0.25) is 0 Å². The van der Waals surface area contributed by atoms with Crippen molar-refractivity contribution in [2.75, 3.05) is 30.3 Å². The summed E-state index contributed by atoms with van der Waals surface area (Å²) in [7, 11) is 0. The Morgan fingerprint density at radius 1 is 1.05 bits per heavy atom. The first-order valence-electron chi connectivity index (χ1n) is 21.1. The maximum Gasteiger partial charge on any atom is 0.255 e. The van der Waals surface area contributed by atoms with Crippen molar-refractivity contribution in [1.29, 1.82) is 0 Å². The average molecular weight is 772 g/mol. The molecule has 1 saturated carbocycles. The molecule has 3 aliphatic carbocycles. The van der Waals surface area contributed by atoms with Gasteiger partial charge >= 0.3 is 0 Å². The molecule has 0 aliphatic heterocycles. The van der Waals surface area contributed by atoms with Gasteiger partial charge in [0, 0.05) is 63.2 Å². The predicted molar refractivity (Wildman–Crippen MR) is 215 cm³/mol. The van der Waals surface area contributed by atoms with Crippen molar-refractivity contribution in [3.8, 4) is 5.75 Å². The number of nitrogens with one attached hydrogen (secondary N) is 2. The lowest BCUT2D eigenvalue weighted by molar-refractivity contribution is -0.160. The molecule has 306 valence electrons. The van der Waals surface area contributed by atoms with Gasteiger partial charge < -0.3 is 41.7 Å². The topological polar surface area (TPSA) is 206 Å². The van der Waals surface area contributed by atoms with Crippen molar-refractivity contribution in [2.24, 2.45) is 28.9 Å². The first-order chi connectivity index (χ1) is 26.6. The molecule has 55 heavy (non-hydrogen) atoms. The highest BCUT2D eigenvalue weighted by Gasteiger charge is 2.70. The number of phenolic OH excluding ortho intramolecular Hbond substituents is 1. The van der Waals surface area contributed by atoms with Gasteiger partial charge in [0.1, 0.15) is 17.1 Å². The summed E-state index contributed by atoms with van der Waals surface area (Å²) in [5.74, 6) is -8.90. The summed E-state index contributed by atoms with van der Waals surface area (Å²) in [4.78, 5) is 58.6. The van der Waals surface area contributed by atoms with Crippen LogP contribution in [0.5, 0.6) is 5.75 Å². The van der Waals surface area contributed by atoms with Gasteiger partial charge in [0.25, 0.3) is 5.91 Å². The van der Waals surface area contributed by atoms with E-state index in [4.69, 9.17) is 11.2 Å². The number of Topliss-reactive ketones (excluding diaryl/α,β-unsaturated/α-hetero) is 2. The highest BCUT2D eigenvalue weighted by molar-refractivity contribution is 6.25. The SMILES string of the molecule is [2H]C([2H])([2H])N([C@@H]1C(=O)C(C(N)=O)=C(O)[C@@]2(O)C(=O)C3=C(O)c4c(O)c(NC(=O)CNC(C)(C(C)C)C(C)C)c(C)c(N(CC)C(C)C)c4C(C)(C)[C@@]3(C)C[C@@H]12)C([2H])(C)C. The number of aliphatic hydroxyl groups is 3.